The zero-order valence-corrected chi connectivity index (χ0v) is 16.8. The van der Waals surface area contributed by atoms with Gasteiger partial charge in [-0.05, 0) is 37.1 Å². The third kappa shape index (κ3) is 8.45. The van der Waals surface area contributed by atoms with Gasteiger partial charge in [0.15, 0.2) is 9.84 Å². The molecule has 0 aliphatic heterocycles. The molecule has 0 aromatic heterocycles. The number of nitrogens with one attached hydrogen (secondary N) is 1. The fraction of sp³-hybridized carbons (Fsp3) is 0.526. The molecule has 4 N–H and O–H groups in total. The van der Waals surface area contributed by atoms with Crippen molar-refractivity contribution in [3.8, 4) is 5.75 Å². The van der Waals surface area contributed by atoms with Gasteiger partial charge in [-0.15, -0.1) is 0 Å². The van der Waals surface area contributed by atoms with Gasteiger partial charge in [-0.2, -0.15) is 0 Å². The molecule has 0 unspecified atom stereocenters. The lowest BCUT2D eigenvalue weighted by molar-refractivity contribution is -0.123. The number of rotatable bonds is 12. The van der Waals surface area contributed by atoms with Gasteiger partial charge >= 0.3 is 0 Å². The van der Waals surface area contributed by atoms with Crippen molar-refractivity contribution in [2.45, 2.75) is 38.0 Å². The van der Waals surface area contributed by atoms with Gasteiger partial charge < -0.3 is 20.9 Å². The van der Waals surface area contributed by atoms with Gasteiger partial charge in [0, 0.05) is 24.6 Å². The third-order valence-electron chi connectivity index (χ3n) is 3.97. The molecule has 0 radical (unpaired) electrons. The van der Waals surface area contributed by atoms with Crippen molar-refractivity contribution < 1.29 is 23.1 Å². The number of aliphatic hydroxyl groups excluding tert-OH is 1. The van der Waals surface area contributed by atoms with E-state index in [4.69, 9.17) is 15.6 Å². The fourth-order valence-electron chi connectivity index (χ4n) is 2.20. The number of amides is 1. The number of aliphatic hydroxyl groups is 1. The van der Waals surface area contributed by atoms with Crippen molar-refractivity contribution in [2.24, 2.45) is 11.7 Å². The summed E-state index contributed by atoms with van der Waals surface area (Å²) in [6.07, 6.45) is 2.93. The standard InChI is InChI=1S/C19H30N2O5S/c1-15(2)19(23)21-10-4-3-5-11-27(24,25)18-8-6-17(7-9-18)26-14-16(12-20)13-22/h6-9,13,15,22H,3-5,10-12,14,20H2,1-2H3,(H,21,23)/b16-13+. The quantitative estimate of drug-likeness (QED) is 0.367. The van der Waals surface area contributed by atoms with Gasteiger partial charge in [0.2, 0.25) is 5.91 Å². The average molecular weight is 399 g/mol. The van der Waals surface area contributed by atoms with Crippen molar-refractivity contribution >= 4 is 15.7 Å². The average Bonchev–Trinajstić information content (AvgIpc) is 2.65. The van der Waals surface area contributed by atoms with E-state index in [0.29, 0.717) is 24.3 Å². The second kappa shape index (κ2) is 11.6. The van der Waals surface area contributed by atoms with Crippen LogP contribution >= 0.6 is 0 Å². The number of carbonyl (C=O) groups is 1. The Bertz CT molecular complexity index is 712. The Morgan fingerprint density at radius 3 is 2.44 bits per heavy atom. The summed E-state index contributed by atoms with van der Waals surface area (Å²) in [5.41, 5.74) is 5.96. The Morgan fingerprint density at radius 2 is 1.89 bits per heavy atom. The van der Waals surface area contributed by atoms with Crippen molar-refractivity contribution in [1.82, 2.24) is 5.32 Å². The predicted molar refractivity (Wildman–Crippen MR) is 105 cm³/mol. The van der Waals surface area contributed by atoms with Crippen molar-refractivity contribution in [2.75, 3.05) is 25.4 Å². The van der Waals surface area contributed by atoms with Crippen LogP contribution in [-0.4, -0.2) is 44.9 Å². The minimum absolute atomic E-state index is 0.0120. The molecule has 0 atom stereocenters. The second-order valence-electron chi connectivity index (χ2n) is 6.58. The summed E-state index contributed by atoms with van der Waals surface area (Å²) >= 11 is 0. The first-order valence-electron chi connectivity index (χ1n) is 9.05. The SMILES string of the molecule is CC(C)C(=O)NCCCCCS(=O)(=O)c1ccc(OC/C(=C/O)CN)cc1. The molecule has 7 nitrogen and oxygen atoms in total. The summed E-state index contributed by atoms with van der Waals surface area (Å²) in [7, 11) is -3.35. The number of sulfone groups is 1. The minimum atomic E-state index is -3.35. The first-order chi connectivity index (χ1) is 12.8. The molecule has 0 saturated heterocycles. The highest BCUT2D eigenvalue weighted by molar-refractivity contribution is 7.91. The number of benzene rings is 1. The highest BCUT2D eigenvalue weighted by Crippen LogP contribution is 2.18. The summed E-state index contributed by atoms with van der Waals surface area (Å²) < 4.78 is 30.2. The van der Waals surface area contributed by atoms with Gasteiger partial charge in [0.25, 0.3) is 0 Å². The molecular weight excluding hydrogens is 368 g/mol. The van der Waals surface area contributed by atoms with Crippen LogP contribution in [0.25, 0.3) is 0 Å². The summed E-state index contributed by atoms with van der Waals surface area (Å²) in [6, 6.07) is 6.19. The van der Waals surface area contributed by atoms with Crippen LogP contribution in [0, 0.1) is 5.92 Å². The van der Waals surface area contributed by atoms with E-state index in [1.807, 2.05) is 13.8 Å². The minimum Gasteiger partial charge on any atom is -0.515 e. The predicted octanol–water partition coefficient (Wildman–Crippen LogP) is 2.18. The van der Waals surface area contributed by atoms with Crippen LogP contribution in [0.5, 0.6) is 5.75 Å². The molecule has 0 saturated carbocycles. The zero-order chi connectivity index (χ0) is 20.3. The molecule has 1 aromatic carbocycles. The molecule has 8 heteroatoms. The molecule has 0 fully saturated rings. The molecule has 1 aromatic rings. The highest BCUT2D eigenvalue weighted by Gasteiger charge is 2.14. The molecule has 1 amide bonds. The maximum absolute atomic E-state index is 12.4. The van der Waals surface area contributed by atoms with E-state index >= 15 is 0 Å². The molecule has 0 aliphatic rings. The lowest BCUT2D eigenvalue weighted by Gasteiger charge is -2.09. The molecule has 0 heterocycles. The Kier molecular flexibility index (Phi) is 9.88. The van der Waals surface area contributed by atoms with E-state index in [9.17, 15) is 13.2 Å². The third-order valence-corrected chi connectivity index (χ3v) is 5.78. The van der Waals surface area contributed by atoms with Crippen LogP contribution in [0.15, 0.2) is 41.0 Å². The van der Waals surface area contributed by atoms with E-state index < -0.39 is 9.84 Å². The Balaban J connectivity index is 2.41. The summed E-state index contributed by atoms with van der Waals surface area (Å²) in [5.74, 6) is 0.537. The lowest BCUT2D eigenvalue weighted by Crippen LogP contribution is -2.28. The Morgan fingerprint density at radius 1 is 1.22 bits per heavy atom. The van der Waals surface area contributed by atoms with E-state index in [-0.39, 0.29) is 35.6 Å². The van der Waals surface area contributed by atoms with E-state index in [0.717, 1.165) is 19.1 Å². The molecule has 152 valence electrons. The first-order valence-corrected chi connectivity index (χ1v) is 10.7. The maximum atomic E-state index is 12.4. The molecule has 27 heavy (non-hydrogen) atoms. The fourth-order valence-corrected chi connectivity index (χ4v) is 3.57. The van der Waals surface area contributed by atoms with Gasteiger partial charge in [-0.1, -0.05) is 20.3 Å². The summed E-state index contributed by atoms with van der Waals surface area (Å²) in [6.45, 7) is 4.56. The molecule has 0 aliphatic carbocycles. The van der Waals surface area contributed by atoms with Crippen LogP contribution in [0.3, 0.4) is 0 Å². The van der Waals surface area contributed by atoms with Crippen LogP contribution in [0.2, 0.25) is 0 Å². The van der Waals surface area contributed by atoms with Gasteiger partial charge in [0.05, 0.1) is 16.9 Å². The van der Waals surface area contributed by atoms with Crippen LogP contribution in [-0.2, 0) is 14.6 Å². The summed E-state index contributed by atoms with van der Waals surface area (Å²) in [4.78, 5) is 11.7. The largest absolute Gasteiger partial charge is 0.515 e. The Hall–Kier alpha value is -2.06. The molecule has 0 spiro atoms. The maximum Gasteiger partial charge on any atom is 0.222 e. The van der Waals surface area contributed by atoms with E-state index in [2.05, 4.69) is 5.32 Å². The molecular formula is C19H30N2O5S. The molecule has 0 bridgehead atoms. The van der Waals surface area contributed by atoms with Gasteiger partial charge in [-0.25, -0.2) is 8.42 Å². The highest BCUT2D eigenvalue weighted by atomic mass is 32.2. The van der Waals surface area contributed by atoms with Crippen LogP contribution in [0.4, 0.5) is 0 Å². The van der Waals surface area contributed by atoms with E-state index in [1.54, 1.807) is 12.1 Å². The topological polar surface area (TPSA) is 119 Å². The smallest absolute Gasteiger partial charge is 0.222 e. The second-order valence-corrected chi connectivity index (χ2v) is 8.69. The summed E-state index contributed by atoms with van der Waals surface area (Å²) in [5, 5.41) is 11.7. The number of hydrogen-bond donors (Lipinski definition) is 3. The molecule has 1 rings (SSSR count). The normalized spacial score (nSPS) is 12.2. The van der Waals surface area contributed by atoms with Crippen LogP contribution < -0.4 is 15.8 Å². The zero-order valence-electron chi connectivity index (χ0n) is 16.0. The van der Waals surface area contributed by atoms with E-state index in [1.165, 1.54) is 12.1 Å². The Labute approximate surface area is 161 Å². The van der Waals surface area contributed by atoms with Crippen molar-refractivity contribution in [1.29, 1.82) is 0 Å². The number of ether oxygens (including phenoxy) is 1. The lowest BCUT2D eigenvalue weighted by atomic mass is 10.2. The van der Waals surface area contributed by atoms with Gasteiger partial charge in [-0.3, -0.25) is 4.79 Å². The number of carbonyl (C=O) groups excluding carboxylic acids is 1. The number of nitrogens with two attached hydrogens (primary N) is 1. The monoisotopic (exact) mass is 398 g/mol. The first kappa shape index (κ1) is 23.0. The van der Waals surface area contributed by atoms with Gasteiger partial charge in [0.1, 0.15) is 12.4 Å². The van der Waals surface area contributed by atoms with Crippen molar-refractivity contribution in [3.05, 3.63) is 36.1 Å². The number of unbranched alkanes of at least 4 members (excludes halogenated alkanes) is 2. The van der Waals surface area contributed by atoms with Crippen molar-refractivity contribution in [3.63, 3.8) is 0 Å². The number of hydrogen-bond acceptors (Lipinski definition) is 6. The van der Waals surface area contributed by atoms with Crippen LogP contribution in [0.1, 0.15) is 33.1 Å².